The first-order valence-electron chi connectivity index (χ1n) is 8.01. The lowest BCUT2D eigenvalue weighted by atomic mass is 10.0. The van der Waals surface area contributed by atoms with Gasteiger partial charge in [0, 0.05) is 18.8 Å². The number of hydrogen-bond acceptors (Lipinski definition) is 3. The van der Waals surface area contributed by atoms with E-state index in [4.69, 9.17) is 5.11 Å². The molecule has 0 aliphatic rings. The van der Waals surface area contributed by atoms with E-state index in [1.165, 1.54) is 16.9 Å². The first kappa shape index (κ1) is 18.2. The first-order valence-corrected chi connectivity index (χ1v) is 8.01. The highest BCUT2D eigenvalue weighted by Crippen LogP contribution is 2.13. The minimum absolute atomic E-state index is 0.0652. The van der Waals surface area contributed by atoms with E-state index in [-0.39, 0.29) is 24.3 Å². The van der Waals surface area contributed by atoms with Crippen LogP contribution in [0.5, 0.6) is 0 Å². The topological polar surface area (TPSA) is 84.2 Å². The number of nitrogens with one attached hydrogen (secondary N) is 1. The maximum atomic E-state index is 13.3. The van der Waals surface area contributed by atoms with E-state index in [1.54, 1.807) is 24.3 Å². The lowest BCUT2D eigenvalue weighted by Crippen LogP contribution is -2.24. The second-order valence-electron chi connectivity index (χ2n) is 5.80. The molecular weight excluding hydrogens is 356 g/mol. The van der Waals surface area contributed by atoms with E-state index in [9.17, 15) is 18.4 Å². The van der Waals surface area contributed by atoms with Crippen LogP contribution in [0.25, 0.3) is 5.69 Å². The zero-order valence-corrected chi connectivity index (χ0v) is 14.0. The van der Waals surface area contributed by atoms with Gasteiger partial charge in [-0.25, -0.2) is 13.5 Å². The average molecular weight is 371 g/mol. The summed E-state index contributed by atoms with van der Waals surface area (Å²) in [7, 11) is 0. The molecule has 138 valence electrons. The van der Waals surface area contributed by atoms with Gasteiger partial charge in [0.2, 0.25) is 0 Å². The fourth-order valence-electron chi connectivity index (χ4n) is 2.59. The summed E-state index contributed by atoms with van der Waals surface area (Å²) in [5.74, 6) is -2.95. The Kier molecular flexibility index (Phi) is 5.25. The van der Waals surface area contributed by atoms with Crippen LogP contribution < -0.4 is 5.32 Å². The molecule has 0 aliphatic heterocycles. The van der Waals surface area contributed by atoms with Crippen LogP contribution in [0.1, 0.15) is 21.6 Å². The molecule has 0 radical (unpaired) electrons. The van der Waals surface area contributed by atoms with Crippen molar-refractivity contribution in [2.45, 2.75) is 13.0 Å². The lowest BCUT2D eigenvalue weighted by Gasteiger charge is -2.08. The molecule has 2 aromatic carbocycles. The number of carbonyl (C=O) groups excluding carboxylic acids is 1. The predicted molar refractivity (Wildman–Crippen MR) is 92.4 cm³/mol. The Morgan fingerprint density at radius 1 is 1.04 bits per heavy atom. The largest absolute Gasteiger partial charge is 0.481 e. The summed E-state index contributed by atoms with van der Waals surface area (Å²) >= 11 is 0. The van der Waals surface area contributed by atoms with E-state index >= 15 is 0 Å². The molecule has 0 bridgehead atoms. The smallest absolute Gasteiger partial charge is 0.307 e. The summed E-state index contributed by atoms with van der Waals surface area (Å²) in [4.78, 5) is 23.2. The van der Waals surface area contributed by atoms with Gasteiger partial charge in [0.05, 0.1) is 12.1 Å². The Hall–Kier alpha value is -3.55. The van der Waals surface area contributed by atoms with E-state index in [0.717, 1.165) is 18.2 Å². The molecule has 1 amide bonds. The third kappa shape index (κ3) is 4.55. The molecule has 6 nitrogen and oxygen atoms in total. The van der Waals surface area contributed by atoms with Crippen molar-refractivity contribution in [2.24, 2.45) is 0 Å². The summed E-state index contributed by atoms with van der Waals surface area (Å²) in [6, 6.07) is 11.2. The van der Waals surface area contributed by atoms with Crippen molar-refractivity contribution >= 4 is 11.9 Å². The van der Waals surface area contributed by atoms with Crippen LogP contribution in [0.15, 0.2) is 54.7 Å². The number of nitrogens with zero attached hydrogens (tertiary/aromatic N) is 2. The Morgan fingerprint density at radius 3 is 2.37 bits per heavy atom. The van der Waals surface area contributed by atoms with Gasteiger partial charge in [0.25, 0.3) is 5.91 Å². The zero-order valence-electron chi connectivity index (χ0n) is 14.0. The summed E-state index contributed by atoms with van der Waals surface area (Å²) < 4.78 is 27.8. The van der Waals surface area contributed by atoms with Crippen LogP contribution in [-0.2, 0) is 17.8 Å². The van der Waals surface area contributed by atoms with Crippen LogP contribution in [0.2, 0.25) is 0 Å². The fraction of sp³-hybridized carbons (Fsp3) is 0.105. The van der Waals surface area contributed by atoms with Crippen molar-refractivity contribution in [1.82, 2.24) is 15.1 Å². The first-order chi connectivity index (χ1) is 12.9. The van der Waals surface area contributed by atoms with Crippen LogP contribution in [0, 0.1) is 11.6 Å². The number of amides is 1. The minimum Gasteiger partial charge on any atom is -0.481 e. The number of hydrogen-bond donors (Lipinski definition) is 2. The monoisotopic (exact) mass is 371 g/mol. The fourth-order valence-corrected chi connectivity index (χ4v) is 2.59. The number of benzene rings is 2. The number of carbonyl (C=O) groups is 2. The number of aliphatic carboxylic acids is 1. The lowest BCUT2D eigenvalue weighted by molar-refractivity contribution is -0.136. The number of aromatic nitrogens is 2. The molecule has 0 saturated carbocycles. The van der Waals surface area contributed by atoms with Crippen molar-refractivity contribution in [1.29, 1.82) is 0 Å². The van der Waals surface area contributed by atoms with Gasteiger partial charge in [-0.2, -0.15) is 5.10 Å². The highest BCUT2D eigenvalue weighted by atomic mass is 19.1. The third-order valence-corrected chi connectivity index (χ3v) is 3.83. The molecular formula is C19H15F2N3O3. The number of rotatable bonds is 6. The van der Waals surface area contributed by atoms with E-state index in [1.807, 2.05) is 0 Å². The molecule has 2 N–H and O–H groups in total. The van der Waals surface area contributed by atoms with Crippen molar-refractivity contribution in [3.05, 3.63) is 83.2 Å². The normalized spacial score (nSPS) is 10.6. The van der Waals surface area contributed by atoms with Gasteiger partial charge in [-0.3, -0.25) is 9.59 Å². The molecule has 0 atom stereocenters. The van der Waals surface area contributed by atoms with Crippen molar-refractivity contribution < 1.29 is 23.5 Å². The SMILES string of the molecule is O=C(O)Cc1ccccc1CNC(=O)c1ccn(-c2cc(F)cc(F)c2)n1. The van der Waals surface area contributed by atoms with Crippen LogP contribution in [-0.4, -0.2) is 26.8 Å². The summed E-state index contributed by atoms with van der Waals surface area (Å²) in [5.41, 5.74) is 1.50. The van der Waals surface area contributed by atoms with Gasteiger partial charge in [0.15, 0.2) is 5.69 Å². The van der Waals surface area contributed by atoms with Crippen molar-refractivity contribution in [3.8, 4) is 5.69 Å². The quantitative estimate of drug-likeness (QED) is 0.698. The van der Waals surface area contributed by atoms with Crippen molar-refractivity contribution in [3.63, 3.8) is 0 Å². The van der Waals surface area contributed by atoms with Crippen LogP contribution in [0.3, 0.4) is 0 Å². The number of carboxylic acids is 1. The maximum absolute atomic E-state index is 13.3. The molecule has 0 saturated heterocycles. The second kappa shape index (κ2) is 7.77. The Morgan fingerprint density at radius 2 is 1.70 bits per heavy atom. The predicted octanol–water partition coefficient (Wildman–Crippen LogP) is 2.71. The Bertz CT molecular complexity index is 981. The Labute approximate surface area is 153 Å². The van der Waals surface area contributed by atoms with Gasteiger partial charge in [0.1, 0.15) is 11.6 Å². The van der Waals surface area contributed by atoms with Gasteiger partial charge in [-0.15, -0.1) is 0 Å². The highest BCUT2D eigenvalue weighted by molar-refractivity contribution is 5.92. The van der Waals surface area contributed by atoms with E-state index in [0.29, 0.717) is 11.1 Å². The molecule has 0 unspecified atom stereocenters. The highest BCUT2D eigenvalue weighted by Gasteiger charge is 2.13. The molecule has 0 spiro atoms. The zero-order chi connectivity index (χ0) is 19.4. The number of carboxylic acid groups (broad SMARTS) is 1. The van der Waals surface area contributed by atoms with E-state index in [2.05, 4.69) is 10.4 Å². The molecule has 0 aliphatic carbocycles. The summed E-state index contributed by atoms with van der Waals surface area (Å²) in [6.45, 7) is 0.129. The van der Waals surface area contributed by atoms with Crippen LogP contribution >= 0.6 is 0 Å². The molecule has 8 heteroatoms. The molecule has 0 fully saturated rings. The minimum atomic E-state index is -0.963. The van der Waals surface area contributed by atoms with Gasteiger partial charge in [-0.1, -0.05) is 24.3 Å². The summed E-state index contributed by atoms with van der Waals surface area (Å²) in [5, 5.41) is 15.6. The third-order valence-electron chi connectivity index (χ3n) is 3.83. The summed E-state index contributed by atoms with van der Waals surface area (Å²) in [6.07, 6.45) is 1.27. The van der Waals surface area contributed by atoms with Gasteiger partial charge < -0.3 is 10.4 Å². The van der Waals surface area contributed by atoms with E-state index < -0.39 is 23.5 Å². The molecule has 1 aromatic heterocycles. The standard InChI is InChI=1S/C19H15F2N3O3/c20-14-8-15(21)10-16(9-14)24-6-5-17(23-24)19(27)22-11-13-4-2-1-3-12(13)7-18(25)26/h1-6,8-10H,7,11H2,(H,22,27)(H,25,26). The number of halogens is 2. The van der Waals surface area contributed by atoms with Crippen LogP contribution in [0.4, 0.5) is 8.78 Å². The molecule has 1 heterocycles. The average Bonchev–Trinajstić information content (AvgIpc) is 3.10. The molecule has 3 aromatic rings. The van der Waals surface area contributed by atoms with Gasteiger partial charge >= 0.3 is 5.97 Å². The maximum Gasteiger partial charge on any atom is 0.307 e. The Balaban J connectivity index is 1.71. The van der Waals surface area contributed by atoms with Gasteiger partial charge in [-0.05, 0) is 29.3 Å². The molecule has 27 heavy (non-hydrogen) atoms. The van der Waals surface area contributed by atoms with Crippen molar-refractivity contribution in [2.75, 3.05) is 0 Å². The molecule has 3 rings (SSSR count). The second-order valence-corrected chi connectivity index (χ2v) is 5.80.